The summed E-state index contributed by atoms with van der Waals surface area (Å²) in [4.78, 5) is 12.1. The third kappa shape index (κ3) is 2.81. The van der Waals surface area contributed by atoms with Crippen LogP contribution in [0.15, 0.2) is 0 Å². The molecule has 17 heavy (non-hydrogen) atoms. The zero-order chi connectivity index (χ0) is 13.1. The minimum atomic E-state index is -0.601. The predicted molar refractivity (Wildman–Crippen MR) is 68.4 cm³/mol. The fourth-order valence-electron chi connectivity index (χ4n) is 2.92. The van der Waals surface area contributed by atoms with Gasteiger partial charge in [-0.1, -0.05) is 26.7 Å². The number of hydrogen-bond donors (Lipinski definition) is 1. The molecule has 3 heteroatoms. The number of terminal acetylenes is 1. The van der Waals surface area contributed by atoms with Crippen molar-refractivity contribution in [2.75, 3.05) is 13.7 Å². The molecule has 0 aromatic heterocycles. The van der Waals surface area contributed by atoms with Crippen molar-refractivity contribution in [2.24, 2.45) is 11.3 Å². The van der Waals surface area contributed by atoms with Crippen LogP contribution in [0.4, 0.5) is 0 Å². The molecule has 0 bridgehead atoms. The highest BCUT2D eigenvalue weighted by Gasteiger charge is 2.49. The molecule has 1 saturated carbocycles. The van der Waals surface area contributed by atoms with E-state index in [1.54, 1.807) is 0 Å². The van der Waals surface area contributed by atoms with Crippen molar-refractivity contribution in [3.8, 4) is 12.3 Å². The van der Waals surface area contributed by atoms with Crippen LogP contribution in [0, 0.1) is 23.7 Å². The molecule has 0 aromatic carbocycles. The van der Waals surface area contributed by atoms with Crippen LogP contribution >= 0.6 is 0 Å². The fourth-order valence-corrected chi connectivity index (χ4v) is 2.92. The molecule has 2 atom stereocenters. The van der Waals surface area contributed by atoms with Crippen LogP contribution in [0.3, 0.4) is 0 Å². The quantitative estimate of drug-likeness (QED) is 0.602. The van der Waals surface area contributed by atoms with E-state index in [9.17, 15) is 4.79 Å². The van der Waals surface area contributed by atoms with Gasteiger partial charge in [0.15, 0.2) is 0 Å². The molecule has 1 fully saturated rings. The third-order valence-corrected chi connectivity index (χ3v) is 3.95. The van der Waals surface area contributed by atoms with Gasteiger partial charge in [0.25, 0.3) is 0 Å². The first-order chi connectivity index (χ1) is 7.88. The first-order valence-electron chi connectivity index (χ1n) is 6.15. The van der Waals surface area contributed by atoms with Crippen LogP contribution in [0.2, 0.25) is 0 Å². The standard InChI is InChI=1S/C14H23NO2/c1-6-9-15-14(12(16)17-5)8-7-13(3,4)10-11(14)2/h1,11,15H,7-10H2,2-5H3. The van der Waals surface area contributed by atoms with E-state index in [0.717, 1.165) is 19.3 Å². The lowest BCUT2D eigenvalue weighted by Gasteiger charge is -2.46. The Kier molecular flexibility index (Phi) is 4.21. The van der Waals surface area contributed by atoms with Crippen LogP contribution in [0.5, 0.6) is 0 Å². The first kappa shape index (κ1) is 14.1. The van der Waals surface area contributed by atoms with Crippen LogP contribution in [-0.4, -0.2) is 25.2 Å². The molecule has 0 spiro atoms. The lowest BCUT2D eigenvalue weighted by Crippen LogP contribution is -2.60. The maximum atomic E-state index is 12.1. The molecule has 1 aliphatic carbocycles. The number of esters is 1. The molecule has 1 rings (SSSR count). The Morgan fingerprint density at radius 3 is 2.65 bits per heavy atom. The van der Waals surface area contributed by atoms with Gasteiger partial charge in [0.1, 0.15) is 5.54 Å². The van der Waals surface area contributed by atoms with E-state index in [0.29, 0.717) is 6.54 Å². The summed E-state index contributed by atoms with van der Waals surface area (Å²) >= 11 is 0. The summed E-state index contributed by atoms with van der Waals surface area (Å²) in [5.74, 6) is 2.59. The molecule has 0 aliphatic heterocycles. The third-order valence-electron chi connectivity index (χ3n) is 3.95. The van der Waals surface area contributed by atoms with Crippen molar-refractivity contribution in [1.29, 1.82) is 0 Å². The lowest BCUT2D eigenvalue weighted by atomic mass is 9.63. The van der Waals surface area contributed by atoms with E-state index in [1.165, 1.54) is 7.11 Å². The molecule has 96 valence electrons. The average molecular weight is 237 g/mol. The van der Waals surface area contributed by atoms with Crippen molar-refractivity contribution in [3.63, 3.8) is 0 Å². The van der Waals surface area contributed by atoms with E-state index in [1.807, 2.05) is 0 Å². The highest BCUT2D eigenvalue weighted by Crippen LogP contribution is 2.44. The Labute approximate surface area is 104 Å². The number of carbonyl (C=O) groups excluding carboxylic acids is 1. The summed E-state index contributed by atoms with van der Waals surface area (Å²) in [5.41, 5.74) is -0.314. The van der Waals surface area contributed by atoms with Gasteiger partial charge in [0, 0.05) is 0 Å². The van der Waals surface area contributed by atoms with Gasteiger partial charge in [-0.15, -0.1) is 6.42 Å². The van der Waals surface area contributed by atoms with Crippen molar-refractivity contribution < 1.29 is 9.53 Å². The van der Waals surface area contributed by atoms with Crippen molar-refractivity contribution >= 4 is 5.97 Å². The van der Waals surface area contributed by atoms with E-state index < -0.39 is 5.54 Å². The second-order valence-electron chi connectivity index (χ2n) is 5.79. The molecule has 0 saturated heterocycles. The molecule has 0 aromatic rings. The van der Waals surface area contributed by atoms with Gasteiger partial charge >= 0.3 is 5.97 Å². The zero-order valence-corrected chi connectivity index (χ0v) is 11.3. The Balaban J connectivity index is 2.92. The van der Waals surface area contributed by atoms with E-state index in [-0.39, 0.29) is 17.3 Å². The van der Waals surface area contributed by atoms with Crippen LogP contribution in [-0.2, 0) is 9.53 Å². The maximum Gasteiger partial charge on any atom is 0.326 e. The van der Waals surface area contributed by atoms with Gasteiger partial charge in [-0.2, -0.15) is 0 Å². The highest BCUT2D eigenvalue weighted by molar-refractivity contribution is 5.81. The highest BCUT2D eigenvalue weighted by atomic mass is 16.5. The maximum absolute atomic E-state index is 12.1. The fraction of sp³-hybridized carbons (Fsp3) is 0.786. The molecule has 0 amide bonds. The Morgan fingerprint density at radius 1 is 1.53 bits per heavy atom. The van der Waals surface area contributed by atoms with Crippen molar-refractivity contribution in [2.45, 2.75) is 45.6 Å². The summed E-state index contributed by atoms with van der Waals surface area (Å²) in [6.45, 7) is 6.99. The molecular weight excluding hydrogens is 214 g/mol. The topological polar surface area (TPSA) is 38.3 Å². The number of hydrogen-bond acceptors (Lipinski definition) is 3. The lowest BCUT2D eigenvalue weighted by molar-refractivity contribution is -0.154. The predicted octanol–water partition coefficient (Wildman–Crippen LogP) is 1.97. The van der Waals surface area contributed by atoms with Gasteiger partial charge in [0.2, 0.25) is 0 Å². The van der Waals surface area contributed by atoms with Crippen LogP contribution in [0.25, 0.3) is 0 Å². The van der Waals surface area contributed by atoms with Crippen molar-refractivity contribution in [3.05, 3.63) is 0 Å². The number of methoxy groups -OCH3 is 1. The first-order valence-corrected chi connectivity index (χ1v) is 6.15. The van der Waals surface area contributed by atoms with E-state index >= 15 is 0 Å². The normalized spacial score (nSPS) is 31.6. The summed E-state index contributed by atoms with van der Waals surface area (Å²) in [5, 5.41) is 3.21. The van der Waals surface area contributed by atoms with Crippen LogP contribution in [0.1, 0.15) is 40.0 Å². The SMILES string of the molecule is C#CCNC1(C(=O)OC)CCC(C)(C)CC1C. The molecule has 2 unspecified atom stereocenters. The Morgan fingerprint density at radius 2 is 2.18 bits per heavy atom. The minimum Gasteiger partial charge on any atom is -0.468 e. The van der Waals surface area contributed by atoms with Crippen molar-refractivity contribution in [1.82, 2.24) is 5.32 Å². The number of nitrogens with one attached hydrogen (secondary N) is 1. The monoisotopic (exact) mass is 237 g/mol. The second-order valence-corrected chi connectivity index (χ2v) is 5.79. The Hall–Kier alpha value is -1.01. The molecular formula is C14H23NO2. The van der Waals surface area contributed by atoms with E-state index in [4.69, 9.17) is 11.2 Å². The van der Waals surface area contributed by atoms with Gasteiger partial charge < -0.3 is 4.74 Å². The molecule has 0 radical (unpaired) electrons. The Bertz CT molecular complexity index is 330. The smallest absolute Gasteiger partial charge is 0.326 e. The number of ether oxygens (including phenoxy) is 1. The molecule has 0 heterocycles. The van der Waals surface area contributed by atoms with Gasteiger partial charge in [-0.05, 0) is 30.6 Å². The summed E-state index contributed by atoms with van der Waals surface area (Å²) in [7, 11) is 1.44. The average Bonchev–Trinajstić information content (AvgIpc) is 2.27. The minimum absolute atomic E-state index is 0.184. The second kappa shape index (κ2) is 5.10. The summed E-state index contributed by atoms with van der Waals surface area (Å²) < 4.78 is 4.96. The molecule has 3 nitrogen and oxygen atoms in total. The molecule has 1 aliphatic rings. The van der Waals surface area contributed by atoms with Gasteiger partial charge in [-0.25, -0.2) is 0 Å². The largest absolute Gasteiger partial charge is 0.468 e. The summed E-state index contributed by atoms with van der Waals surface area (Å²) in [6.07, 6.45) is 8.07. The summed E-state index contributed by atoms with van der Waals surface area (Å²) in [6, 6.07) is 0. The van der Waals surface area contributed by atoms with Crippen LogP contribution < -0.4 is 5.32 Å². The molecule has 1 N–H and O–H groups in total. The van der Waals surface area contributed by atoms with Gasteiger partial charge in [0.05, 0.1) is 13.7 Å². The number of rotatable bonds is 3. The number of carbonyl (C=O) groups is 1. The zero-order valence-electron chi connectivity index (χ0n) is 11.3. The van der Waals surface area contributed by atoms with Gasteiger partial charge in [-0.3, -0.25) is 10.1 Å². The van der Waals surface area contributed by atoms with E-state index in [2.05, 4.69) is 32.0 Å².